The lowest BCUT2D eigenvalue weighted by Gasteiger charge is -2.33. The molecule has 0 saturated carbocycles. The smallest absolute Gasteiger partial charge is 0.409 e. The number of carbonyl (C=O) groups is 1. The van der Waals surface area contributed by atoms with E-state index in [0.29, 0.717) is 26.2 Å². The Labute approximate surface area is 95.5 Å². The van der Waals surface area contributed by atoms with E-state index in [1.165, 1.54) is 0 Å². The minimum absolute atomic E-state index is 0.235. The molecule has 0 spiro atoms. The van der Waals surface area contributed by atoms with E-state index in [4.69, 9.17) is 4.74 Å². The molecule has 6 nitrogen and oxygen atoms in total. The summed E-state index contributed by atoms with van der Waals surface area (Å²) < 4.78 is 4.92. The molecule has 91 valence electrons. The molecular formula is C10H18N3O3. The molecule has 1 aliphatic rings. The van der Waals surface area contributed by atoms with Crippen LogP contribution in [0.2, 0.25) is 0 Å². The first-order valence-electron chi connectivity index (χ1n) is 5.52. The Morgan fingerprint density at radius 2 is 2.06 bits per heavy atom. The van der Waals surface area contributed by atoms with Crippen LogP contribution in [-0.4, -0.2) is 68.2 Å². The molecule has 0 atom stereocenters. The third kappa shape index (κ3) is 4.06. The highest BCUT2D eigenvalue weighted by Gasteiger charge is 2.21. The molecule has 6 heteroatoms. The van der Waals surface area contributed by atoms with Gasteiger partial charge in [-0.15, -0.1) is 0 Å². The largest absolute Gasteiger partial charge is 0.450 e. The summed E-state index contributed by atoms with van der Waals surface area (Å²) in [5, 5.41) is 2.50. The van der Waals surface area contributed by atoms with Crippen molar-refractivity contribution in [3.05, 3.63) is 0 Å². The number of hydrogen-bond acceptors (Lipinski definition) is 4. The average Bonchev–Trinajstić information content (AvgIpc) is 2.30. The molecule has 1 rings (SSSR count). The lowest BCUT2D eigenvalue weighted by molar-refractivity contribution is 0.0802. The fourth-order valence-corrected chi connectivity index (χ4v) is 1.63. The van der Waals surface area contributed by atoms with Gasteiger partial charge in [-0.3, -0.25) is 9.69 Å². The van der Waals surface area contributed by atoms with E-state index >= 15 is 0 Å². The lowest BCUT2D eigenvalue weighted by atomic mass is 10.3. The number of hydrogen-bond donors (Lipinski definition) is 1. The van der Waals surface area contributed by atoms with E-state index < -0.39 is 0 Å². The summed E-state index contributed by atoms with van der Waals surface area (Å²) in [5.41, 5.74) is 0. The SMILES string of the molecule is CCOC(=O)N1CCN(CCN[C]=O)CC1. The van der Waals surface area contributed by atoms with Gasteiger partial charge in [0.2, 0.25) is 0 Å². The second-order valence-electron chi connectivity index (χ2n) is 3.56. The van der Waals surface area contributed by atoms with E-state index in [9.17, 15) is 9.59 Å². The molecule has 0 bridgehead atoms. The summed E-state index contributed by atoms with van der Waals surface area (Å²) in [6, 6.07) is 0. The Morgan fingerprint density at radius 1 is 1.38 bits per heavy atom. The van der Waals surface area contributed by atoms with Crippen molar-refractivity contribution < 1.29 is 14.3 Å². The second kappa shape index (κ2) is 7.05. The van der Waals surface area contributed by atoms with Crippen LogP contribution >= 0.6 is 0 Å². The zero-order chi connectivity index (χ0) is 11.8. The number of piperazine rings is 1. The Balaban J connectivity index is 2.17. The molecule has 1 aliphatic heterocycles. The summed E-state index contributed by atoms with van der Waals surface area (Å²) in [6.07, 6.45) is 1.41. The molecule has 1 N–H and O–H groups in total. The maximum Gasteiger partial charge on any atom is 0.409 e. The zero-order valence-electron chi connectivity index (χ0n) is 9.57. The third-order valence-corrected chi connectivity index (χ3v) is 2.52. The van der Waals surface area contributed by atoms with Gasteiger partial charge >= 0.3 is 12.5 Å². The van der Waals surface area contributed by atoms with Crippen molar-refractivity contribution in [2.45, 2.75) is 6.92 Å². The molecule has 1 saturated heterocycles. The molecule has 1 radical (unpaired) electrons. The Bertz CT molecular complexity index is 227. The summed E-state index contributed by atoms with van der Waals surface area (Å²) in [6.45, 7) is 6.62. The van der Waals surface area contributed by atoms with Crippen molar-refractivity contribution in [3.63, 3.8) is 0 Å². The summed E-state index contributed by atoms with van der Waals surface area (Å²) in [4.78, 5) is 25.2. The van der Waals surface area contributed by atoms with Gasteiger partial charge in [-0.25, -0.2) is 4.79 Å². The second-order valence-corrected chi connectivity index (χ2v) is 3.56. The van der Waals surface area contributed by atoms with Crippen LogP contribution in [0.15, 0.2) is 0 Å². The molecule has 1 heterocycles. The van der Waals surface area contributed by atoms with Gasteiger partial charge in [0.1, 0.15) is 0 Å². The molecule has 16 heavy (non-hydrogen) atoms. The van der Waals surface area contributed by atoms with Crippen LogP contribution in [0, 0.1) is 0 Å². The molecule has 1 fully saturated rings. The van der Waals surface area contributed by atoms with Gasteiger partial charge in [0.15, 0.2) is 0 Å². The van der Waals surface area contributed by atoms with Crippen LogP contribution in [0.4, 0.5) is 4.79 Å². The molecule has 2 amide bonds. The number of rotatable bonds is 5. The number of amides is 2. The topological polar surface area (TPSA) is 61.9 Å². The van der Waals surface area contributed by atoms with Gasteiger partial charge in [-0.05, 0) is 6.92 Å². The average molecular weight is 228 g/mol. The Hall–Kier alpha value is -1.30. The number of ether oxygens (including phenoxy) is 1. The van der Waals surface area contributed by atoms with Gasteiger partial charge in [-0.1, -0.05) is 0 Å². The van der Waals surface area contributed by atoms with Crippen LogP contribution < -0.4 is 5.32 Å². The molecule has 0 unspecified atom stereocenters. The predicted molar refractivity (Wildman–Crippen MR) is 58.7 cm³/mol. The van der Waals surface area contributed by atoms with Crippen molar-refractivity contribution in [1.82, 2.24) is 15.1 Å². The fourth-order valence-electron chi connectivity index (χ4n) is 1.63. The Kier molecular flexibility index (Phi) is 5.63. The normalized spacial score (nSPS) is 16.9. The highest BCUT2D eigenvalue weighted by Crippen LogP contribution is 2.02. The molecule has 0 aromatic heterocycles. The van der Waals surface area contributed by atoms with Crippen LogP contribution in [0.1, 0.15) is 6.92 Å². The highest BCUT2D eigenvalue weighted by atomic mass is 16.6. The van der Waals surface area contributed by atoms with Gasteiger partial charge in [-0.2, -0.15) is 0 Å². The van der Waals surface area contributed by atoms with Gasteiger partial charge in [0.05, 0.1) is 6.61 Å². The maximum atomic E-state index is 11.4. The predicted octanol–water partition coefficient (Wildman–Crippen LogP) is -0.583. The van der Waals surface area contributed by atoms with Gasteiger partial charge in [0, 0.05) is 39.3 Å². The van der Waals surface area contributed by atoms with Crippen molar-refractivity contribution in [3.8, 4) is 0 Å². The van der Waals surface area contributed by atoms with E-state index in [0.717, 1.165) is 19.6 Å². The van der Waals surface area contributed by atoms with Crippen LogP contribution in [0.25, 0.3) is 0 Å². The third-order valence-electron chi connectivity index (χ3n) is 2.52. The quantitative estimate of drug-likeness (QED) is 0.505. The number of nitrogens with zero attached hydrogens (tertiary/aromatic N) is 2. The van der Waals surface area contributed by atoms with Crippen molar-refractivity contribution in [2.24, 2.45) is 0 Å². The van der Waals surface area contributed by atoms with Crippen molar-refractivity contribution in [1.29, 1.82) is 0 Å². The van der Waals surface area contributed by atoms with Crippen LogP contribution in [0.3, 0.4) is 0 Å². The van der Waals surface area contributed by atoms with E-state index in [2.05, 4.69) is 10.2 Å². The molecule has 0 aromatic carbocycles. The first-order chi connectivity index (χ1) is 7.77. The first kappa shape index (κ1) is 12.8. The Morgan fingerprint density at radius 3 is 2.62 bits per heavy atom. The maximum absolute atomic E-state index is 11.4. The first-order valence-corrected chi connectivity index (χ1v) is 5.52. The highest BCUT2D eigenvalue weighted by molar-refractivity contribution is 5.67. The number of carbonyl (C=O) groups excluding carboxylic acids is 2. The number of nitrogens with one attached hydrogen (secondary N) is 1. The summed E-state index contributed by atoms with van der Waals surface area (Å²) >= 11 is 0. The summed E-state index contributed by atoms with van der Waals surface area (Å²) in [5.74, 6) is 0. The molecule has 0 aliphatic carbocycles. The minimum atomic E-state index is -0.235. The molecule has 0 aromatic rings. The van der Waals surface area contributed by atoms with Crippen molar-refractivity contribution >= 4 is 12.5 Å². The van der Waals surface area contributed by atoms with Crippen LogP contribution in [0.5, 0.6) is 0 Å². The fraction of sp³-hybridized carbons (Fsp3) is 0.800. The van der Waals surface area contributed by atoms with E-state index in [1.54, 1.807) is 18.2 Å². The van der Waals surface area contributed by atoms with Crippen LogP contribution in [-0.2, 0) is 9.53 Å². The van der Waals surface area contributed by atoms with Crippen molar-refractivity contribution in [2.75, 3.05) is 45.9 Å². The van der Waals surface area contributed by atoms with Gasteiger partial charge < -0.3 is 15.0 Å². The molecular weight excluding hydrogens is 210 g/mol. The van der Waals surface area contributed by atoms with Gasteiger partial charge in [0.25, 0.3) is 0 Å². The standard InChI is InChI=1S/C10H18N3O3/c1-2-16-10(15)13-7-5-12(6-8-13)4-3-11-9-14/h2-8H2,1H3,(H,11,14). The zero-order valence-corrected chi connectivity index (χ0v) is 9.57. The summed E-state index contributed by atoms with van der Waals surface area (Å²) in [7, 11) is 0. The monoisotopic (exact) mass is 228 g/mol. The minimum Gasteiger partial charge on any atom is -0.450 e. The van der Waals surface area contributed by atoms with E-state index in [-0.39, 0.29) is 6.09 Å². The van der Waals surface area contributed by atoms with E-state index in [1.807, 2.05) is 0 Å². The lowest BCUT2D eigenvalue weighted by Crippen LogP contribution is -2.50.